The third-order valence-corrected chi connectivity index (χ3v) is 5.73. The van der Waals surface area contributed by atoms with E-state index in [0.29, 0.717) is 34.8 Å². The fourth-order valence-electron chi connectivity index (χ4n) is 3.24. The Morgan fingerprint density at radius 3 is 2.96 bits per heavy atom. The van der Waals surface area contributed by atoms with Crippen molar-refractivity contribution in [2.45, 2.75) is 19.8 Å². The van der Waals surface area contributed by atoms with Crippen LogP contribution in [0.15, 0.2) is 34.7 Å². The molecule has 0 N–H and O–H groups in total. The highest BCUT2D eigenvalue weighted by molar-refractivity contribution is 7.19. The average molecular weight is 417 g/mol. The predicted octanol–water partition coefficient (Wildman–Crippen LogP) is 4.35. The van der Waals surface area contributed by atoms with Crippen LogP contribution >= 0.6 is 22.9 Å². The number of aromatic nitrogens is 1. The third kappa shape index (κ3) is 3.55. The lowest BCUT2D eigenvalue weighted by atomic mass is 10.1. The van der Waals surface area contributed by atoms with E-state index in [1.807, 2.05) is 24.3 Å². The zero-order valence-corrected chi connectivity index (χ0v) is 16.7. The number of rotatable bonds is 6. The summed E-state index contributed by atoms with van der Waals surface area (Å²) in [7, 11) is 0. The Morgan fingerprint density at radius 1 is 1.39 bits per heavy atom. The molecule has 4 rings (SSSR count). The molecule has 1 aliphatic rings. The topological polar surface area (TPSA) is 72.6 Å². The standard InChI is InChI=1S/C20H17ClN2O4S/c1-2-26-18(25)10-14-19(16-5-6-17(21)28-16)27-20(22-14)13-3-4-15-12(9-13)7-8-23(15)11-24/h3-6,9,11H,2,7-8,10H2,1H3. The molecule has 28 heavy (non-hydrogen) atoms. The van der Waals surface area contributed by atoms with E-state index in [1.165, 1.54) is 11.3 Å². The zero-order chi connectivity index (χ0) is 19.7. The molecule has 1 aromatic carbocycles. The van der Waals surface area contributed by atoms with Crippen molar-refractivity contribution >= 4 is 41.0 Å². The summed E-state index contributed by atoms with van der Waals surface area (Å²) in [6, 6.07) is 9.36. The number of hydrogen-bond donors (Lipinski definition) is 0. The summed E-state index contributed by atoms with van der Waals surface area (Å²) in [5.74, 6) is 0.586. The minimum Gasteiger partial charge on any atom is -0.466 e. The Balaban J connectivity index is 1.73. The summed E-state index contributed by atoms with van der Waals surface area (Å²) >= 11 is 7.43. The van der Waals surface area contributed by atoms with Gasteiger partial charge < -0.3 is 14.1 Å². The maximum absolute atomic E-state index is 12.0. The summed E-state index contributed by atoms with van der Waals surface area (Å²) in [6.07, 6.45) is 1.64. The van der Waals surface area contributed by atoms with Gasteiger partial charge in [-0.3, -0.25) is 9.59 Å². The molecule has 0 unspecified atom stereocenters. The van der Waals surface area contributed by atoms with Crippen LogP contribution in [0.5, 0.6) is 0 Å². The number of fused-ring (bicyclic) bond motifs is 1. The average Bonchev–Trinajstić information content (AvgIpc) is 3.39. The normalized spacial score (nSPS) is 12.9. The number of amides is 1. The van der Waals surface area contributed by atoms with Crippen molar-refractivity contribution in [3.63, 3.8) is 0 Å². The maximum atomic E-state index is 12.0. The lowest BCUT2D eigenvalue weighted by Crippen LogP contribution is -2.17. The van der Waals surface area contributed by atoms with Gasteiger partial charge in [0.15, 0.2) is 5.76 Å². The SMILES string of the molecule is CCOC(=O)Cc1nc(-c2ccc3c(c2)CCN3C=O)oc1-c1ccc(Cl)s1. The Morgan fingerprint density at radius 2 is 2.25 bits per heavy atom. The number of carbonyl (C=O) groups excluding carboxylic acids is 2. The Hall–Kier alpha value is -2.64. The highest BCUT2D eigenvalue weighted by Gasteiger charge is 2.23. The van der Waals surface area contributed by atoms with Crippen molar-refractivity contribution in [1.29, 1.82) is 0 Å². The smallest absolute Gasteiger partial charge is 0.312 e. The van der Waals surface area contributed by atoms with E-state index in [4.69, 9.17) is 20.8 Å². The quantitative estimate of drug-likeness (QED) is 0.441. The van der Waals surface area contributed by atoms with E-state index in [1.54, 1.807) is 17.9 Å². The van der Waals surface area contributed by atoms with Crippen LogP contribution in [0, 0.1) is 0 Å². The van der Waals surface area contributed by atoms with Gasteiger partial charge in [-0.15, -0.1) is 11.3 Å². The Kier molecular flexibility index (Phi) is 5.19. The van der Waals surface area contributed by atoms with Gasteiger partial charge in [0.1, 0.15) is 0 Å². The molecule has 0 saturated carbocycles. The van der Waals surface area contributed by atoms with Gasteiger partial charge in [-0.1, -0.05) is 11.6 Å². The van der Waals surface area contributed by atoms with Crippen molar-refractivity contribution in [3.05, 3.63) is 45.9 Å². The monoisotopic (exact) mass is 416 g/mol. The first kappa shape index (κ1) is 18.7. The van der Waals surface area contributed by atoms with Crippen LogP contribution in [0.4, 0.5) is 5.69 Å². The molecule has 0 radical (unpaired) electrons. The number of esters is 1. The summed E-state index contributed by atoms with van der Waals surface area (Å²) in [5.41, 5.74) is 3.28. The van der Waals surface area contributed by atoms with Crippen LogP contribution in [-0.4, -0.2) is 30.5 Å². The third-order valence-electron chi connectivity index (χ3n) is 4.50. The van der Waals surface area contributed by atoms with Gasteiger partial charge in [0.2, 0.25) is 12.3 Å². The molecule has 3 heterocycles. The lowest BCUT2D eigenvalue weighted by molar-refractivity contribution is -0.142. The first-order valence-corrected chi connectivity index (χ1v) is 10.0. The van der Waals surface area contributed by atoms with E-state index >= 15 is 0 Å². The minimum absolute atomic E-state index is 0.0199. The van der Waals surface area contributed by atoms with Crippen molar-refractivity contribution in [2.24, 2.45) is 0 Å². The Labute approximate surface area is 170 Å². The number of ether oxygens (including phenoxy) is 1. The first-order chi connectivity index (χ1) is 13.6. The first-order valence-electron chi connectivity index (χ1n) is 8.85. The summed E-state index contributed by atoms with van der Waals surface area (Å²) in [5, 5.41) is 0. The maximum Gasteiger partial charge on any atom is 0.312 e. The number of thiophene rings is 1. The van der Waals surface area contributed by atoms with E-state index in [0.717, 1.165) is 34.5 Å². The van der Waals surface area contributed by atoms with Crippen molar-refractivity contribution in [3.8, 4) is 22.1 Å². The lowest BCUT2D eigenvalue weighted by Gasteiger charge is -2.09. The Bertz CT molecular complexity index is 1040. The van der Waals surface area contributed by atoms with Crippen molar-refractivity contribution < 1.29 is 18.7 Å². The summed E-state index contributed by atoms with van der Waals surface area (Å²) in [6.45, 7) is 2.74. The molecule has 2 aromatic heterocycles. The van der Waals surface area contributed by atoms with Crippen LogP contribution in [0.3, 0.4) is 0 Å². The minimum atomic E-state index is -0.359. The molecule has 8 heteroatoms. The number of nitrogens with zero attached hydrogens (tertiary/aromatic N) is 2. The van der Waals surface area contributed by atoms with Crippen molar-refractivity contribution in [1.82, 2.24) is 4.98 Å². The predicted molar refractivity (Wildman–Crippen MR) is 108 cm³/mol. The fourth-order valence-corrected chi connectivity index (χ4v) is 4.29. The summed E-state index contributed by atoms with van der Waals surface area (Å²) in [4.78, 5) is 30.2. The van der Waals surface area contributed by atoms with Gasteiger partial charge in [-0.2, -0.15) is 0 Å². The summed E-state index contributed by atoms with van der Waals surface area (Å²) < 4.78 is 11.7. The van der Waals surface area contributed by atoms with Gasteiger partial charge in [0.05, 0.1) is 27.9 Å². The molecular weight excluding hydrogens is 400 g/mol. The van der Waals surface area contributed by atoms with Gasteiger partial charge in [0, 0.05) is 17.8 Å². The van der Waals surface area contributed by atoms with E-state index in [9.17, 15) is 9.59 Å². The zero-order valence-electron chi connectivity index (χ0n) is 15.1. The highest BCUT2D eigenvalue weighted by atomic mass is 35.5. The number of benzene rings is 1. The second-order valence-electron chi connectivity index (χ2n) is 6.27. The van der Waals surface area contributed by atoms with Gasteiger partial charge >= 0.3 is 5.97 Å². The van der Waals surface area contributed by atoms with E-state index < -0.39 is 0 Å². The molecule has 1 aliphatic heterocycles. The highest BCUT2D eigenvalue weighted by Crippen LogP contribution is 2.37. The van der Waals surface area contributed by atoms with Crippen LogP contribution in [0.1, 0.15) is 18.2 Å². The van der Waals surface area contributed by atoms with Gasteiger partial charge in [-0.05, 0) is 49.2 Å². The number of oxazole rings is 1. The molecule has 3 aromatic rings. The van der Waals surface area contributed by atoms with Crippen LogP contribution in [-0.2, 0) is 27.2 Å². The molecule has 144 valence electrons. The second kappa shape index (κ2) is 7.77. The molecule has 0 spiro atoms. The van der Waals surface area contributed by atoms with Crippen molar-refractivity contribution in [2.75, 3.05) is 18.1 Å². The van der Waals surface area contributed by atoms with E-state index in [2.05, 4.69) is 4.98 Å². The van der Waals surface area contributed by atoms with Crippen LogP contribution in [0.25, 0.3) is 22.1 Å². The molecule has 0 atom stereocenters. The molecule has 0 bridgehead atoms. The molecular formula is C20H17ClN2O4S. The molecule has 0 aliphatic carbocycles. The largest absolute Gasteiger partial charge is 0.466 e. The fraction of sp³-hybridized carbons (Fsp3) is 0.250. The van der Waals surface area contributed by atoms with Gasteiger partial charge in [0.25, 0.3) is 0 Å². The van der Waals surface area contributed by atoms with Crippen LogP contribution in [0.2, 0.25) is 4.34 Å². The molecule has 0 fully saturated rings. The van der Waals surface area contributed by atoms with Gasteiger partial charge in [-0.25, -0.2) is 4.98 Å². The molecule has 6 nitrogen and oxygen atoms in total. The number of anilines is 1. The number of halogens is 1. The number of carbonyl (C=O) groups is 2. The van der Waals surface area contributed by atoms with Crippen LogP contribution < -0.4 is 4.90 Å². The van der Waals surface area contributed by atoms with E-state index in [-0.39, 0.29) is 12.4 Å². The number of hydrogen-bond acceptors (Lipinski definition) is 6. The molecule has 0 saturated heterocycles. The molecule has 1 amide bonds. The second-order valence-corrected chi connectivity index (χ2v) is 7.99.